The number of rotatable bonds is 23. The molecular weight excluding hydrogens is 613 g/mol. The first kappa shape index (κ1) is 39.0. The molecule has 0 saturated carbocycles. The lowest BCUT2D eigenvalue weighted by Crippen LogP contribution is -3.00. The SMILES string of the molecule is CCCCCCCCCCCCCCCCCC(=O)OC[C@@H]1OC(OCCC[N+](C)(C)C)[C@@H](O)[C@@H](O)[C@@H]1O.[I-]. The Morgan fingerprint density at radius 3 is 1.69 bits per heavy atom. The third-order valence-corrected chi connectivity index (χ3v) is 7.32. The molecule has 1 fully saturated rings. The van der Waals surface area contributed by atoms with Crippen LogP contribution in [0.4, 0.5) is 0 Å². The van der Waals surface area contributed by atoms with Gasteiger partial charge in [-0.25, -0.2) is 0 Å². The lowest BCUT2D eigenvalue weighted by atomic mass is 9.99. The number of unbranched alkanes of at least 4 members (excludes halogenated alkanes) is 14. The fraction of sp³-hybridized carbons (Fsp3) is 0.967. The maximum atomic E-state index is 12.2. The molecule has 5 atom stereocenters. The number of quaternary nitrogens is 1. The van der Waals surface area contributed by atoms with Gasteiger partial charge in [-0.05, 0) is 6.42 Å². The molecule has 0 amide bonds. The maximum absolute atomic E-state index is 12.2. The Morgan fingerprint density at radius 1 is 0.718 bits per heavy atom. The first-order valence-electron chi connectivity index (χ1n) is 15.4. The van der Waals surface area contributed by atoms with Crippen LogP contribution in [0.2, 0.25) is 0 Å². The molecule has 1 aliphatic rings. The van der Waals surface area contributed by atoms with Crippen LogP contribution in [0.15, 0.2) is 0 Å². The summed E-state index contributed by atoms with van der Waals surface area (Å²) in [6.45, 7) is 3.32. The van der Waals surface area contributed by atoms with Crippen molar-refractivity contribution in [3.05, 3.63) is 0 Å². The molecular formula is C30H60INO7. The minimum Gasteiger partial charge on any atom is -1.00 e. The second kappa shape index (κ2) is 23.5. The van der Waals surface area contributed by atoms with Gasteiger partial charge >= 0.3 is 5.97 Å². The summed E-state index contributed by atoms with van der Waals surface area (Å²) in [7, 11) is 6.24. The van der Waals surface area contributed by atoms with Crippen LogP contribution in [0.25, 0.3) is 0 Å². The zero-order valence-corrected chi connectivity index (χ0v) is 27.5. The van der Waals surface area contributed by atoms with E-state index in [9.17, 15) is 20.1 Å². The number of aliphatic hydroxyl groups is 3. The van der Waals surface area contributed by atoms with Gasteiger partial charge in [-0.2, -0.15) is 0 Å². The van der Waals surface area contributed by atoms with Gasteiger partial charge in [0.25, 0.3) is 0 Å². The van der Waals surface area contributed by atoms with E-state index in [1.807, 2.05) is 0 Å². The normalized spacial score (nSPS) is 23.4. The molecule has 39 heavy (non-hydrogen) atoms. The van der Waals surface area contributed by atoms with Crippen molar-refractivity contribution < 1.29 is 62.8 Å². The molecule has 1 aliphatic heterocycles. The highest BCUT2D eigenvalue weighted by Gasteiger charge is 2.44. The van der Waals surface area contributed by atoms with Crippen LogP contribution in [0.5, 0.6) is 0 Å². The number of halogens is 1. The molecule has 1 rings (SSSR count). The molecule has 0 aromatic heterocycles. The van der Waals surface area contributed by atoms with Crippen LogP contribution in [-0.2, 0) is 19.0 Å². The summed E-state index contributed by atoms with van der Waals surface area (Å²) in [5, 5.41) is 30.6. The number of carbonyl (C=O) groups is 1. The Hall–Kier alpha value is -0.0400. The summed E-state index contributed by atoms with van der Waals surface area (Å²) in [6, 6.07) is 0. The van der Waals surface area contributed by atoms with E-state index in [0.717, 1.165) is 36.7 Å². The zero-order chi connectivity index (χ0) is 28.2. The van der Waals surface area contributed by atoms with Crippen molar-refractivity contribution in [3.8, 4) is 0 Å². The van der Waals surface area contributed by atoms with Gasteiger partial charge < -0.3 is 58.0 Å². The van der Waals surface area contributed by atoms with Crippen molar-refractivity contribution in [2.24, 2.45) is 0 Å². The number of esters is 1. The van der Waals surface area contributed by atoms with Gasteiger partial charge in [-0.15, -0.1) is 0 Å². The van der Waals surface area contributed by atoms with Crippen molar-refractivity contribution in [1.82, 2.24) is 0 Å². The number of nitrogens with zero attached hydrogens (tertiary/aromatic N) is 1. The third-order valence-electron chi connectivity index (χ3n) is 7.32. The highest BCUT2D eigenvalue weighted by Crippen LogP contribution is 2.23. The van der Waals surface area contributed by atoms with E-state index in [4.69, 9.17) is 14.2 Å². The lowest BCUT2D eigenvalue weighted by Gasteiger charge is -2.40. The van der Waals surface area contributed by atoms with Crippen LogP contribution < -0.4 is 24.0 Å². The van der Waals surface area contributed by atoms with E-state index in [1.54, 1.807) is 0 Å². The van der Waals surface area contributed by atoms with Gasteiger partial charge in [0, 0.05) is 12.8 Å². The van der Waals surface area contributed by atoms with Crippen molar-refractivity contribution in [3.63, 3.8) is 0 Å². The summed E-state index contributed by atoms with van der Waals surface area (Å²) >= 11 is 0. The zero-order valence-electron chi connectivity index (χ0n) is 25.3. The standard InChI is InChI=1S/C30H60NO7.HI/c1-5-6-7-8-9-10-11-12-13-14-15-16-17-18-19-21-26(32)37-24-25-27(33)28(34)29(35)30(38-25)36-23-20-22-31(2,3)4;/h25,27-30,33-35H,5-24H2,1-4H3;1H/q+1;/p-1/t25-,27+,28-,29-,30?;/m0./s1. The number of hydrogen-bond donors (Lipinski definition) is 3. The van der Waals surface area contributed by atoms with E-state index in [1.165, 1.54) is 77.0 Å². The van der Waals surface area contributed by atoms with Gasteiger partial charge in [-0.1, -0.05) is 96.8 Å². The first-order valence-corrected chi connectivity index (χ1v) is 15.4. The maximum Gasteiger partial charge on any atom is 0.305 e. The van der Waals surface area contributed by atoms with Gasteiger partial charge in [0.15, 0.2) is 6.29 Å². The van der Waals surface area contributed by atoms with Gasteiger partial charge in [0.05, 0.1) is 34.3 Å². The molecule has 1 saturated heterocycles. The molecule has 8 nitrogen and oxygen atoms in total. The van der Waals surface area contributed by atoms with Crippen molar-refractivity contribution in [1.29, 1.82) is 0 Å². The Balaban J connectivity index is 0.0000144. The second-order valence-electron chi connectivity index (χ2n) is 12.1. The van der Waals surface area contributed by atoms with Crippen LogP contribution in [-0.4, -0.2) is 97.4 Å². The molecule has 0 aliphatic carbocycles. The molecule has 1 heterocycles. The predicted octanol–water partition coefficient (Wildman–Crippen LogP) is 1.72. The molecule has 234 valence electrons. The fourth-order valence-corrected chi connectivity index (χ4v) is 4.82. The van der Waals surface area contributed by atoms with Crippen molar-refractivity contribution in [2.75, 3.05) is 40.9 Å². The topological polar surface area (TPSA) is 105 Å². The molecule has 1 unspecified atom stereocenters. The lowest BCUT2D eigenvalue weighted by molar-refractivity contribution is -0.870. The highest BCUT2D eigenvalue weighted by molar-refractivity contribution is 5.69. The van der Waals surface area contributed by atoms with E-state index < -0.39 is 30.7 Å². The van der Waals surface area contributed by atoms with Crippen molar-refractivity contribution >= 4 is 5.97 Å². The summed E-state index contributed by atoms with van der Waals surface area (Å²) in [4.78, 5) is 12.2. The second-order valence-corrected chi connectivity index (χ2v) is 12.1. The molecule has 0 spiro atoms. The van der Waals surface area contributed by atoms with E-state index in [-0.39, 0.29) is 36.6 Å². The Kier molecular flexibility index (Phi) is 23.5. The Bertz CT molecular complexity index is 590. The molecule has 9 heteroatoms. The summed E-state index contributed by atoms with van der Waals surface area (Å²) < 4.78 is 17.3. The quantitative estimate of drug-likeness (QED) is 0.0657. The number of aliphatic hydroxyl groups excluding tert-OH is 3. The smallest absolute Gasteiger partial charge is 0.305 e. The van der Waals surface area contributed by atoms with E-state index in [2.05, 4.69) is 28.1 Å². The Morgan fingerprint density at radius 2 is 1.21 bits per heavy atom. The van der Waals surface area contributed by atoms with Crippen LogP contribution in [0.3, 0.4) is 0 Å². The molecule has 0 aromatic rings. The number of ether oxygens (including phenoxy) is 3. The van der Waals surface area contributed by atoms with E-state index >= 15 is 0 Å². The van der Waals surface area contributed by atoms with Crippen LogP contribution >= 0.6 is 0 Å². The van der Waals surface area contributed by atoms with Crippen LogP contribution in [0.1, 0.15) is 116 Å². The summed E-state index contributed by atoms with van der Waals surface area (Å²) in [5.41, 5.74) is 0. The minimum atomic E-state index is -1.42. The number of carbonyl (C=O) groups excluding carboxylic acids is 1. The van der Waals surface area contributed by atoms with Crippen LogP contribution in [0, 0.1) is 0 Å². The average Bonchev–Trinajstić information content (AvgIpc) is 2.87. The molecule has 0 radical (unpaired) electrons. The van der Waals surface area contributed by atoms with Gasteiger partial charge in [-0.3, -0.25) is 4.79 Å². The fourth-order valence-electron chi connectivity index (χ4n) is 4.82. The van der Waals surface area contributed by atoms with Crippen molar-refractivity contribution in [2.45, 2.75) is 147 Å². The van der Waals surface area contributed by atoms with Gasteiger partial charge in [0.1, 0.15) is 31.0 Å². The third kappa shape index (κ3) is 19.7. The van der Waals surface area contributed by atoms with E-state index in [0.29, 0.717) is 13.0 Å². The van der Waals surface area contributed by atoms with Gasteiger partial charge in [0.2, 0.25) is 0 Å². The largest absolute Gasteiger partial charge is 1.00 e. The first-order chi connectivity index (χ1) is 18.2. The monoisotopic (exact) mass is 673 g/mol. The highest BCUT2D eigenvalue weighted by atomic mass is 127. The predicted molar refractivity (Wildman–Crippen MR) is 151 cm³/mol. The molecule has 0 bridgehead atoms. The molecule has 0 aromatic carbocycles. The summed E-state index contributed by atoms with van der Waals surface area (Å²) in [6.07, 6.45) is 14.0. The Labute approximate surface area is 255 Å². The average molecular weight is 674 g/mol. The molecule has 3 N–H and O–H groups in total. The summed E-state index contributed by atoms with van der Waals surface area (Å²) in [5.74, 6) is -0.337. The minimum absolute atomic E-state index is 0. The number of hydrogen-bond acceptors (Lipinski definition) is 7.